The maximum atomic E-state index is 11.8. The van der Waals surface area contributed by atoms with Gasteiger partial charge in [0, 0.05) is 24.0 Å². The smallest absolute Gasteiger partial charge is 0.315 e. The van der Waals surface area contributed by atoms with Crippen molar-refractivity contribution < 1.29 is 14.4 Å². The molecule has 0 saturated carbocycles. The Labute approximate surface area is 158 Å². The number of hydrogen-bond acceptors (Lipinski definition) is 6. The Hall–Kier alpha value is -1.52. The van der Waals surface area contributed by atoms with Gasteiger partial charge in [0.15, 0.2) is 0 Å². The first-order valence-electron chi connectivity index (χ1n) is 9.22. The standard InChI is InChI=1S/C16H30N6O3S/c17-10(15(24)22-18)5-3-4-8-19-13(23)7-2-1-6-12-14-11(9-26-12)20-16(25)21-14/h10-12,14H,1-9,17-18H2,(H,19,23)(H,22,24)(H2,20,21,25). The molecule has 26 heavy (non-hydrogen) atoms. The lowest BCUT2D eigenvalue weighted by atomic mass is 10.0. The van der Waals surface area contributed by atoms with E-state index in [1.165, 1.54) is 0 Å². The summed E-state index contributed by atoms with van der Waals surface area (Å²) in [5.41, 5.74) is 7.66. The highest BCUT2D eigenvalue weighted by Gasteiger charge is 2.42. The van der Waals surface area contributed by atoms with Gasteiger partial charge in [-0.3, -0.25) is 15.0 Å². The zero-order chi connectivity index (χ0) is 18.9. The second-order valence-electron chi connectivity index (χ2n) is 6.83. The molecular formula is C16H30N6O3S. The van der Waals surface area contributed by atoms with E-state index in [2.05, 4.69) is 16.0 Å². The number of hydrazine groups is 1. The predicted molar refractivity (Wildman–Crippen MR) is 101 cm³/mol. The van der Waals surface area contributed by atoms with Crippen molar-refractivity contribution in [1.82, 2.24) is 21.4 Å². The highest BCUT2D eigenvalue weighted by Crippen LogP contribution is 2.33. The number of hydrogen-bond donors (Lipinski definition) is 6. The molecule has 2 rings (SSSR count). The van der Waals surface area contributed by atoms with E-state index in [1.54, 1.807) is 0 Å². The topological polar surface area (TPSA) is 151 Å². The summed E-state index contributed by atoms with van der Waals surface area (Å²) in [4.78, 5) is 34.3. The zero-order valence-corrected chi connectivity index (χ0v) is 15.8. The lowest BCUT2D eigenvalue weighted by Gasteiger charge is -2.16. The van der Waals surface area contributed by atoms with Gasteiger partial charge in [-0.2, -0.15) is 11.8 Å². The second-order valence-corrected chi connectivity index (χ2v) is 8.10. The molecule has 0 radical (unpaired) electrons. The van der Waals surface area contributed by atoms with Crippen LogP contribution in [0.5, 0.6) is 0 Å². The zero-order valence-electron chi connectivity index (χ0n) is 15.0. The maximum Gasteiger partial charge on any atom is 0.315 e. The van der Waals surface area contributed by atoms with Gasteiger partial charge in [0.1, 0.15) is 0 Å². The van der Waals surface area contributed by atoms with Gasteiger partial charge in [-0.05, 0) is 32.1 Å². The van der Waals surface area contributed by atoms with Gasteiger partial charge in [0.25, 0.3) is 5.91 Å². The summed E-state index contributed by atoms with van der Waals surface area (Å²) in [5.74, 6) is 5.67. The van der Waals surface area contributed by atoms with Crippen LogP contribution in [0.1, 0.15) is 44.9 Å². The fourth-order valence-electron chi connectivity index (χ4n) is 3.32. The third-order valence-corrected chi connectivity index (χ3v) is 6.33. The summed E-state index contributed by atoms with van der Waals surface area (Å²) >= 11 is 1.90. The quantitative estimate of drug-likeness (QED) is 0.0909. The molecule has 8 N–H and O–H groups in total. The molecule has 0 bridgehead atoms. The number of rotatable bonds is 11. The van der Waals surface area contributed by atoms with E-state index in [9.17, 15) is 14.4 Å². The number of amides is 4. The van der Waals surface area contributed by atoms with Gasteiger partial charge >= 0.3 is 6.03 Å². The molecule has 9 nitrogen and oxygen atoms in total. The fraction of sp³-hybridized carbons (Fsp3) is 0.812. The monoisotopic (exact) mass is 386 g/mol. The van der Waals surface area contributed by atoms with Crippen molar-refractivity contribution in [2.24, 2.45) is 11.6 Å². The van der Waals surface area contributed by atoms with E-state index in [4.69, 9.17) is 11.6 Å². The summed E-state index contributed by atoms with van der Waals surface area (Å²) in [6.45, 7) is 0.593. The largest absolute Gasteiger partial charge is 0.356 e. The molecule has 10 heteroatoms. The highest BCUT2D eigenvalue weighted by molar-refractivity contribution is 8.00. The Balaban J connectivity index is 1.46. The van der Waals surface area contributed by atoms with E-state index >= 15 is 0 Å². The van der Waals surface area contributed by atoms with E-state index in [-0.39, 0.29) is 29.9 Å². The summed E-state index contributed by atoms with van der Waals surface area (Å²) in [6, 6.07) is -0.170. The number of thioether (sulfide) groups is 1. The fourth-order valence-corrected chi connectivity index (χ4v) is 4.86. The number of nitrogens with two attached hydrogens (primary N) is 2. The predicted octanol–water partition coefficient (Wildman–Crippen LogP) is -0.684. The van der Waals surface area contributed by atoms with Crippen molar-refractivity contribution in [2.75, 3.05) is 12.3 Å². The maximum absolute atomic E-state index is 11.8. The third-order valence-electron chi connectivity index (χ3n) is 4.82. The SMILES string of the molecule is NNC(=O)C(N)CCCCNC(=O)CCCCC1SCC2NC(=O)NC21. The number of fused-ring (bicyclic) bond motifs is 1. The van der Waals surface area contributed by atoms with Crippen molar-refractivity contribution in [1.29, 1.82) is 0 Å². The molecule has 0 aliphatic carbocycles. The summed E-state index contributed by atoms with van der Waals surface area (Å²) in [5, 5.41) is 9.25. The third kappa shape index (κ3) is 6.33. The normalized spacial score (nSPS) is 25.2. The summed E-state index contributed by atoms with van der Waals surface area (Å²) < 4.78 is 0. The first kappa shape index (κ1) is 20.8. The first-order chi connectivity index (χ1) is 12.5. The van der Waals surface area contributed by atoms with Crippen molar-refractivity contribution in [3.63, 3.8) is 0 Å². The van der Waals surface area contributed by atoms with Crippen LogP contribution in [-0.2, 0) is 9.59 Å². The van der Waals surface area contributed by atoms with Crippen LogP contribution in [0.15, 0.2) is 0 Å². The molecule has 0 aromatic heterocycles. The van der Waals surface area contributed by atoms with Gasteiger partial charge in [0.2, 0.25) is 5.91 Å². The van der Waals surface area contributed by atoms with Crippen LogP contribution in [0.3, 0.4) is 0 Å². The molecule has 148 valence electrons. The molecule has 4 amide bonds. The molecule has 4 atom stereocenters. The summed E-state index contributed by atoms with van der Waals surface area (Å²) in [6.07, 6.45) is 5.46. The van der Waals surface area contributed by atoms with Crippen molar-refractivity contribution >= 4 is 29.6 Å². The molecule has 0 aromatic carbocycles. The van der Waals surface area contributed by atoms with Crippen molar-refractivity contribution in [2.45, 2.75) is 68.3 Å². The molecule has 4 unspecified atom stereocenters. The van der Waals surface area contributed by atoms with Gasteiger partial charge in [-0.1, -0.05) is 6.42 Å². The van der Waals surface area contributed by atoms with Gasteiger partial charge in [-0.15, -0.1) is 0 Å². The minimum absolute atomic E-state index is 0.0572. The van der Waals surface area contributed by atoms with E-state index < -0.39 is 6.04 Å². The molecule has 2 aliphatic heterocycles. The number of urea groups is 1. The van der Waals surface area contributed by atoms with Crippen LogP contribution in [0.4, 0.5) is 4.79 Å². The number of unbranched alkanes of at least 4 members (excludes halogenated alkanes) is 2. The Morgan fingerprint density at radius 2 is 2.04 bits per heavy atom. The van der Waals surface area contributed by atoms with Crippen molar-refractivity contribution in [3.8, 4) is 0 Å². The van der Waals surface area contributed by atoms with Crippen LogP contribution in [0.2, 0.25) is 0 Å². The number of carbonyl (C=O) groups excluding carboxylic acids is 3. The second kappa shape index (κ2) is 10.6. The van der Waals surface area contributed by atoms with Crippen molar-refractivity contribution in [3.05, 3.63) is 0 Å². The van der Waals surface area contributed by atoms with Gasteiger partial charge in [0.05, 0.1) is 18.1 Å². The average molecular weight is 387 g/mol. The Kier molecular flexibility index (Phi) is 8.46. The Morgan fingerprint density at radius 3 is 2.81 bits per heavy atom. The number of carbonyl (C=O) groups is 3. The van der Waals surface area contributed by atoms with Crippen LogP contribution in [0.25, 0.3) is 0 Å². The molecule has 0 spiro atoms. The summed E-state index contributed by atoms with van der Waals surface area (Å²) in [7, 11) is 0. The average Bonchev–Trinajstić information content (AvgIpc) is 3.16. The molecule has 2 heterocycles. The lowest BCUT2D eigenvalue weighted by Crippen LogP contribution is -2.43. The first-order valence-corrected chi connectivity index (χ1v) is 10.3. The molecule has 2 aliphatic rings. The minimum atomic E-state index is -0.594. The molecule has 2 saturated heterocycles. The van der Waals surface area contributed by atoms with Crippen LogP contribution >= 0.6 is 11.8 Å². The van der Waals surface area contributed by atoms with Gasteiger partial charge < -0.3 is 21.7 Å². The molecule has 0 aromatic rings. The lowest BCUT2D eigenvalue weighted by molar-refractivity contribution is -0.123. The van der Waals surface area contributed by atoms with E-state index in [0.29, 0.717) is 24.6 Å². The van der Waals surface area contributed by atoms with Crippen LogP contribution in [-0.4, -0.2) is 53.5 Å². The minimum Gasteiger partial charge on any atom is -0.356 e. The van der Waals surface area contributed by atoms with Gasteiger partial charge in [-0.25, -0.2) is 10.6 Å². The number of nitrogens with one attached hydrogen (secondary N) is 4. The Bertz CT molecular complexity index is 506. The van der Waals surface area contributed by atoms with E-state index in [1.807, 2.05) is 17.2 Å². The molecular weight excluding hydrogens is 356 g/mol. The van der Waals surface area contributed by atoms with E-state index in [0.717, 1.165) is 37.9 Å². The van der Waals surface area contributed by atoms with Crippen LogP contribution < -0.4 is 33.0 Å². The Morgan fingerprint density at radius 1 is 1.23 bits per heavy atom. The highest BCUT2D eigenvalue weighted by atomic mass is 32.2. The van der Waals surface area contributed by atoms with Crippen LogP contribution in [0, 0.1) is 0 Å². The molecule has 2 fully saturated rings.